The van der Waals surface area contributed by atoms with Crippen LogP contribution in [0.4, 0.5) is 0 Å². The first-order valence-corrected chi connectivity index (χ1v) is 7.98. The summed E-state index contributed by atoms with van der Waals surface area (Å²) >= 11 is 1.90. The highest BCUT2D eigenvalue weighted by Gasteiger charge is 2.19. The summed E-state index contributed by atoms with van der Waals surface area (Å²) in [7, 11) is 0. The van der Waals surface area contributed by atoms with Gasteiger partial charge in [0.1, 0.15) is 0 Å². The average molecular weight is 258 g/mol. The van der Waals surface area contributed by atoms with E-state index in [9.17, 15) is 4.79 Å². The normalized spacial score (nSPS) is 24.6. The van der Waals surface area contributed by atoms with Crippen LogP contribution >= 0.6 is 11.8 Å². The summed E-state index contributed by atoms with van der Waals surface area (Å²) < 4.78 is 0. The molecule has 0 spiro atoms. The molecule has 0 aromatic carbocycles. The summed E-state index contributed by atoms with van der Waals surface area (Å²) in [6.07, 6.45) is 5.31. The molecule has 2 unspecified atom stereocenters. The van der Waals surface area contributed by atoms with Crippen LogP contribution in [0.15, 0.2) is 0 Å². The number of hydrogen-bond acceptors (Lipinski definition) is 3. The summed E-state index contributed by atoms with van der Waals surface area (Å²) in [5, 5.41) is 6.54. The van der Waals surface area contributed by atoms with Crippen molar-refractivity contribution in [3.05, 3.63) is 0 Å². The van der Waals surface area contributed by atoms with Crippen LogP contribution in [0.1, 0.15) is 46.0 Å². The first kappa shape index (κ1) is 14.8. The fourth-order valence-corrected chi connectivity index (χ4v) is 3.10. The number of carbonyl (C=O) groups excluding carboxylic acids is 1. The predicted molar refractivity (Wildman–Crippen MR) is 75.5 cm³/mol. The molecule has 0 aromatic rings. The molecule has 1 amide bonds. The van der Waals surface area contributed by atoms with E-state index < -0.39 is 0 Å². The molecule has 1 saturated heterocycles. The van der Waals surface area contributed by atoms with E-state index in [0.29, 0.717) is 18.5 Å². The quantitative estimate of drug-likeness (QED) is 0.688. The van der Waals surface area contributed by atoms with Gasteiger partial charge in [0, 0.05) is 24.3 Å². The summed E-state index contributed by atoms with van der Waals surface area (Å²) in [5.74, 6) is 2.38. The smallest absolute Gasteiger partial charge is 0.221 e. The SMILES string of the molecule is CCCCSCCC(=O)NC1CCNC(C)C1. The van der Waals surface area contributed by atoms with Gasteiger partial charge in [-0.15, -0.1) is 0 Å². The van der Waals surface area contributed by atoms with Crippen molar-refractivity contribution in [2.45, 2.75) is 58.0 Å². The summed E-state index contributed by atoms with van der Waals surface area (Å²) in [6, 6.07) is 0.923. The van der Waals surface area contributed by atoms with Crippen molar-refractivity contribution in [3.63, 3.8) is 0 Å². The molecule has 0 aliphatic carbocycles. The van der Waals surface area contributed by atoms with Crippen molar-refractivity contribution in [1.82, 2.24) is 10.6 Å². The summed E-state index contributed by atoms with van der Waals surface area (Å²) in [6.45, 7) is 5.40. The van der Waals surface area contributed by atoms with Gasteiger partial charge in [-0.3, -0.25) is 4.79 Å². The van der Waals surface area contributed by atoms with Crippen LogP contribution in [0.2, 0.25) is 0 Å². The van der Waals surface area contributed by atoms with Gasteiger partial charge < -0.3 is 10.6 Å². The van der Waals surface area contributed by atoms with Gasteiger partial charge in [0.2, 0.25) is 5.91 Å². The highest BCUT2D eigenvalue weighted by atomic mass is 32.2. The third-order valence-corrected chi connectivity index (χ3v) is 4.17. The van der Waals surface area contributed by atoms with E-state index in [1.165, 1.54) is 18.6 Å². The number of unbranched alkanes of at least 4 members (excludes halogenated alkanes) is 1. The molecule has 1 heterocycles. The van der Waals surface area contributed by atoms with Gasteiger partial charge in [0.05, 0.1) is 0 Å². The van der Waals surface area contributed by atoms with Crippen LogP contribution in [-0.4, -0.2) is 36.0 Å². The molecule has 1 aliphatic rings. The lowest BCUT2D eigenvalue weighted by Crippen LogP contribution is -2.46. The Morgan fingerprint density at radius 3 is 3.00 bits per heavy atom. The number of nitrogens with one attached hydrogen (secondary N) is 2. The Morgan fingerprint density at radius 2 is 2.29 bits per heavy atom. The fraction of sp³-hybridized carbons (Fsp3) is 0.923. The molecule has 2 N–H and O–H groups in total. The second-order valence-electron chi connectivity index (χ2n) is 4.86. The Kier molecular flexibility index (Phi) is 7.69. The topological polar surface area (TPSA) is 41.1 Å². The Labute approximate surface area is 109 Å². The van der Waals surface area contributed by atoms with Crippen molar-refractivity contribution in [2.24, 2.45) is 0 Å². The number of piperidine rings is 1. The van der Waals surface area contributed by atoms with Gasteiger partial charge in [-0.25, -0.2) is 0 Å². The van der Waals surface area contributed by atoms with E-state index in [4.69, 9.17) is 0 Å². The molecule has 0 radical (unpaired) electrons. The minimum Gasteiger partial charge on any atom is -0.353 e. The lowest BCUT2D eigenvalue weighted by Gasteiger charge is -2.28. The Bertz CT molecular complexity index is 223. The van der Waals surface area contributed by atoms with Gasteiger partial charge in [-0.2, -0.15) is 11.8 Å². The van der Waals surface area contributed by atoms with Crippen molar-refractivity contribution >= 4 is 17.7 Å². The van der Waals surface area contributed by atoms with Gasteiger partial charge in [0.25, 0.3) is 0 Å². The van der Waals surface area contributed by atoms with Crippen LogP contribution in [0.5, 0.6) is 0 Å². The second-order valence-corrected chi connectivity index (χ2v) is 6.08. The molecule has 1 fully saturated rings. The van der Waals surface area contributed by atoms with Gasteiger partial charge >= 0.3 is 0 Å². The fourth-order valence-electron chi connectivity index (χ4n) is 2.08. The highest BCUT2D eigenvalue weighted by Crippen LogP contribution is 2.09. The minimum atomic E-state index is 0.230. The van der Waals surface area contributed by atoms with E-state index >= 15 is 0 Å². The number of hydrogen-bond donors (Lipinski definition) is 2. The maximum absolute atomic E-state index is 11.7. The van der Waals surface area contributed by atoms with Crippen molar-refractivity contribution in [2.75, 3.05) is 18.1 Å². The Balaban J connectivity index is 2.04. The molecule has 1 aliphatic heterocycles. The second kappa shape index (κ2) is 8.81. The number of rotatable bonds is 7. The van der Waals surface area contributed by atoms with E-state index in [0.717, 1.165) is 25.1 Å². The largest absolute Gasteiger partial charge is 0.353 e. The number of carbonyl (C=O) groups is 1. The molecule has 0 aromatic heterocycles. The van der Waals surface area contributed by atoms with E-state index in [2.05, 4.69) is 24.5 Å². The first-order valence-electron chi connectivity index (χ1n) is 6.83. The van der Waals surface area contributed by atoms with Crippen LogP contribution in [0.3, 0.4) is 0 Å². The Hall–Kier alpha value is -0.220. The molecular formula is C13H26N2OS. The lowest BCUT2D eigenvalue weighted by molar-refractivity contribution is -0.121. The number of thioether (sulfide) groups is 1. The lowest BCUT2D eigenvalue weighted by atomic mass is 10.0. The maximum Gasteiger partial charge on any atom is 0.221 e. The zero-order valence-electron chi connectivity index (χ0n) is 11.1. The summed E-state index contributed by atoms with van der Waals surface area (Å²) in [5.41, 5.74) is 0. The maximum atomic E-state index is 11.7. The van der Waals surface area contributed by atoms with Crippen molar-refractivity contribution in [3.8, 4) is 0 Å². The molecule has 100 valence electrons. The van der Waals surface area contributed by atoms with Crippen molar-refractivity contribution in [1.29, 1.82) is 0 Å². The zero-order valence-corrected chi connectivity index (χ0v) is 11.9. The standard InChI is InChI=1S/C13H26N2OS/c1-3-4-8-17-9-6-13(16)15-12-5-7-14-11(2)10-12/h11-12,14H,3-10H2,1-2H3,(H,15,16). The minimum absolute atomic E-state index is 0.230. The summed E-state index contributed by atoms with van der Waals surface area (Å²) in [4.78, 5) is 11.7. The van der Waals surface area contributed by atoms with Crippen molar-refractivity contribution < 1.29 is 4.79 Å². The average Bonchev–Trinajstić information content (AvgIpc) is 2.29. The zero-order chi connectivity index (χ0) is 12.5. The van der Waals surface area contributed by atoms with Gasteiger partial charge in [0.15, 0.2) is 0 Å². The molecule has 2 atom stereocenters. The molecule has 17 heavy (non-hydrogen) atoms. The first-order chi connectivity index (χ1) is 8.22. The highest BCUT2D eigenvalue weighted by molar-refractivity contribution is 7.99. The molecule has 1 rings (SSSR count). The molecular weight excluding hydrogens is 232 g/mol. The van der Waals surface area contributed by atoms with Crippen LogP contribution in [-0.2, 0) is 4.79 Å². The van der Waals surface area contributed by atoms with E-state index in [1.807, 2.05) is 11.8 Å². The van der Waals surface area contributed by atoms with Crippen LogP contribution in [0, 0.1) is 0 Å². The number of amides is 1. The van der Waals surface area contributed by atoms with Crippen LogP contribution < -0.4 is 10.6 Å². The third-order valence-electron chi connectivity index (χ3n) is 3.10. The van der Waals surface area contributed by atoms with Gasteiger partial charge in [-0.05, 0) is 38.5 Å². The molecule has 4 heteroatoms. The van der Waals surface area contributed by atoms with E-state index in [-0.39, 0.29) is 5.91 Å². The molecule has 3 nitrogen and oxygen atoms in total. The monoisotopic (exact) mass is 258 g/mol. The van der Waals surface area contributed by atoms with E-state index in [1.54, 1.807) is 0 Å². The predicted octanol–water partition coefficient (Wildman–Crippen LogP) is 2.17. The molecule has 0 saturated carbocycles. The Morgan fingerprint density at radius 1 is 1.47 bits per heavy atom. The van der Waals surface area contributed by atoms with Crippen LogP contribution in [0.25, 0.3) is 0 Å². The van der Waals surface area contributed by atoms with Gasteiger partial charge in [-0.1, -0.05) is 13.3 Å². The molecule has 0 bridgehead atoms. The third kappa shape index (κ3) is 6.94.